The van der Waals surface area contributed by atoms with E-state index in [2.05, 4.69) is 16.3 Å². The summed E-state index contributed by atoms with van der Waals surface area (Å²) in [6.45, 7) is 7.16. The highest BCUT2D eigenvalue weighted by atomic mass is 16.1. The number of rotatable bonds is 6. The van der Waals surface area contributed by atoms with E-state index in [1.807, 2.05) is 13.8 Å². The number of carbonyl (C=O) groups excluding carboxylic acids is 1. The standard InChI is InChI=1S/C15H27N3O/c1-15(2,12-16)8-4-5-9-18-10-6-13(7-11-18)14(19)17-3/h13H,4-11H2,1-3H3,(H,17,19). The van der Waals surface area contributed by atoms with Gasteiger partial charge in [-0.05, 0) is 59.2 Å². The third kappa shape index (κ3) is 5.61. The molecule has 1 fully saturated rings. The summed E-state index contributed by atoms with van der Waals surface area (Å²) in [5.74, 6) is 0.397. The minimum absolute atomic E-state index is 0.188. The van der Waals surface area contributed by atoms with Crippen LogP contribution in [0, 0.1) is 22.7 Å². The molecule has 0 radical (unpaired) electrons. The van der Waals surface area contributed by atoms with Crippen molar-refractivity contribution in [3.05, 3.63) is 0 Å². The van der Waals surface area contributed by atoms with E-state index in [9.17, 15) is 4.79 Å². The van der Waals surface area contributed by atoms with Crippen LogP contribution in [0.4, 0.5) is 0 Å². The fourth-order valence-electron chi connectivity index (χ4n) is 2.58. The number of amides is 1. The molecule has 1 aliphatic heterocycles. The Morgan fingerprint density at radius 1 is 1.37 bits per heavy atom. The van der Waals surface area contributed by atoms with Crippen molar-refractivity contribution in [2.24, 2.45) is 11.3 Å². The van der Waals surface area contributed by atoms with Crippen LogP contribution >= 0.6 is 0 Å². The number of hydrogen-bond donors (Lipinski definition) is 1. The highest BCUT2D eigenvalue weighted by molar-refractivity contribution is 5.78. The van der Waals surface area contributed by atoms with Crippen molar-refractivity contribution >= 4 is 5.91 Å². The van der Waals surface area contributed by atoms with Crippen molar-refractivity contribution in [3.8, 4) is 6.07 Å². The minimum atomic E-state index is -0.188. The van der Waals surface area contributed by atoms with Gasteiger partial charge >= 0.3 is 0 Å². The molecule has 0 unspecified atom stereocenters. The van der Waals surface area contributed by atoms with E-state index in [1.165, 1.54) is 0 Å². The highest BCUT2D eigenvalue weighted by Crippen LogP contribution is 2.22. The molecular formula is C15H27N3O. The van der Waals surface area contributed by atoms with Crippen molar-refractivity contribution in [2.75, 3.05) is 26.7 Å². The summed E-state index contributed by atoms with van der Waals surface area (Å²) in [5, 5.41) is 11.7. The zero-order valence-corrected chi connectivity index (χ0v) is 12.5. The number of nitriles is 1. The Labute approximate surface area is 117 Å². The van der Waals surface area contributed by atoms with Gasteiger partial charge in [0.05, 0.1) is 11.5 Å². The predicted molar refractivity (Wildman–Crippen MR) is 76.5 cm³/mol. The average Bonchev–Trinajstić information content (AvgIpc) is 2.43. The molecule has 0 atom stereocenters. The molecule has 0 aromatic heterocycles. The van der Waals surface area contributed by atoms with Gasteiger partial charge in [-0.2, -0.15) is 5.26 Å². The van der Waals surface area contributed by atoms with Gasteiger partial charge in [0, 0.05) is 13.0 Å². The third-order valence-electron chi connectivity index (χ3n) is 4.03. The van der Waals surface area contributed by atoms with Gasteiger partial charge in [0.25, 0.3) is 0 Å². The maximum absolute atomic E-state index is 11.5. The van der Waals surface area contributed by atoms with Crippen LogP contribution in [0.25, 0.3) is 0 Å². The van der Waals surface area contributed by atoms with Crippen LogP contribution in [0.15, 0.2) is 0 Å². The molecule has 1 heterocycles. The largest absolute Gasteiger partial charge is 0.359 e. The van der Waals surface area contributed by atoms with Crippen LogP contribution in [0.5, 0.6) is 0 Å². The summed E-state index contributed by atoms with van der Waals surface area (Å²) >= 11 is 0. The van der Waals surface area contributed by atoms with Gasteiger partial charge in [0.15, 0.2) is 0 Å². The van der Waals surface area contributed by atoms with E-state index in [4.69, 9.17) is 5.26 Å². The Hall–Kier alpha value is -1.08. The molecule has 1 aliphatic rings. The molecule has 0 aliphatic carbocycles. The summed E-state index contributed by atoms with van der Waals surface area (Å²) in [6, 6.07) is 2.35. The Balaban J connectivity index is 2.14. The molecular weight excluding hydrogens is 238 g/mol. The summed E-state index contributed by atoms with van der Waals surface area (Å²) in [7, 11) is 1.71. The van der Waals surface area contributed by atoms with E-state index in [0.29, 0.717) is 0 Å². The van der Waals surface area contributed by atoms with Gasteiger partial charge in [-0.25, -0.2) is 0 Å². The first-order chi connectivity index (χ1) is 8.98. The lowest BCUT2D eigenvalue weighted by molar-refractivity contribution is -0.125. The Kier molecular flexibility index (Phi) is 6.30. The van der Waals surface area contributed by atoms with Crippen molar-refractivity contribution in [2.45, 2.75) is 46.0 Å². The highest BCUT2D eigenvalue weighted by Gasteiger charge is 2.23. The first-order valence-corrected chi connectivity index (χ1v) is 7.34. The van der Waals surface area contributed by atoms with E-state index >= 15 is 0 Å². The zero-order chi connectivity index (χ0) is 14.3. The molecule has 19 heavy (non-hydrogen) atoms. The van der Waals surface area contributed by atoms with E-state index < -0.39 is 0 Å². The zero-order valence-electron chi connectivity index (χ0n) is 12.5. The first kappa shape index (κ1) is 16.0. The maximum atomic E-state index is 11.5. The lowest BCUT2D eigenvalue weighted by Gasteiger charge is -2.31. The Bertz CT molecular complexity index is 325. The van der Waals surface area contributed by atoms with Crippen LogP contribution in [-0.2, 0) is 4.79 Å². The van der Waals surface area contributed by atoms with E-state index in [-0.39, 0.29) is 17.2 Å². The van der Waals surface area contributed by atoms with Crippen LogP contribution in [0.2, 0.25) is 0 Å². The summed E-state index contributed by atoms with van der Waals surface area (Å²) in [6.07, 6.45) is 5.18. The molecule has 1 N–H and O–H groups in total. The first-order valence-electron chi connectivity index (χ1n) is 7.34. The fourth-order valence-corrected chi connectivity index (χ4v) is 2.58. The molecule has 108 valence electrons. The van der Waals surface area contributed by atoms with Gasteiger partial charge < -0.3 is 10.2 Å². The molecule has 1 amide bonds. The average molecular weight is 265 g/mol. The number of hydrogen-bond acceptors (Lipinski definition) is 3. The van der Waals surface area contributed by atoms with Crippen LogP contribution in [0.3, 0.4) is 0 Å². The quantitative estimate of drug-likeness (QED) is 0.749. The Morgan fingerprint density at radius 3 is 2.53 bits per heavy atom. The number of unbranched alkanes of at least 4 members (excludes halogenated alkanes) is 1. The monoisotopic (exact) mass is 265 g/mol. The maximum Gasteiger partial charge on any atom is 0.222 e. The second-order valence-corrected chi connectivity index (χ2v) is 6.18. The van der Waals surface area contributed by atoms with Gasteiger partial charge in [0.2, 0.25) is 5.91 Å². The number of nitrogens with zero attached hydrogens (tertiary/aromatic N) is 2. The van der Waals surface area contributed by atoms with Gasteiger partial charge in [-0.15, -0.1) is 0 Å². The van der Waals surface area contributed by atoms with E-state index in [0.717, 1.165) is 51.7 Å². The van der Waals surface area contributed by atoms with Crippen molar-refractivity contribution in [3.63, 3.8) is 0 Å². The number of carbonyl (C=O) groups is 1. The lowest BCUT2D eigenvalue weighted by atomic mass is 9.89. The van der Waals surface area contributed by atoms with Gasteiger partial charge in [0.1, 0.15) is 0 Å². The molecule has 0 saturated carbocycles. The van der Waals surface area contributed by atoms with Gasteiger partial charge in [-0.3, -0.25) is 4.79 Å². The number of nitrogens with one attached hydrogen (secondary N) is 1. The summed E-state index contributed by atoms with van der Waals surface area (Å²) in [4.78, 5) is 14.0. The molecule has 4 nitrogen and oxygen atoms in total. The molecule has 0 aromatic rings. The second kappa shape index (κ2) is 7.49. The minimum Gasteiger partial charge on any atom is -0.359 e. The smallest absolute Gasteiger partial charge is 0.222 e. The van der Waals surface area contributed by atoms with Crippen molar-refractivity contribution in [1.29, 1.82) is 5.26 Å². The van der Waals surface area contributed by atoms with Crippen molar-refractivity contribution in [1.82, 2.24) is 10.2 Å². The fraction of sp³-hybridized carbons (Fsp3) is 0.867. The molecule has 0 spiro atoms. The number of piperidine rings is 1. The van der Waals surface area contributed by atoms with E-state index in [1.54, 1.807) is 7.05 Å². The summed E-state index contributed by atoms with van der Waals surface area (Å²) < 4.78 is 0. The molecule has 0 bridgehead atoms. The Morgan fingerprint density at radius 2 is 2.00 bits per heavy atom. The summed E-state index contributed by atoms with van der Waals surface area (Å²) in [5.41, 5.74) is -0.188. The SMILES string of the molecule is CNC(=O)C1CCN(CCCCC(C)(C)C#N)CC1. The molecule has 1 rings (SSSR count). The molecule has 0 aromatic carbocycles. The van der Waals surface area contributed by atoms with Crippen molar-refractivity contribution < 1.29 is 4.79 Å². The normalized spacial score (nSPS) is 18.0. The molecule has 4 heteroatoms. The lowest BCUT2D eigenvalue weighted by Crippen LogP contribution is -2.39. The second-order valence-electron chi connectivity index (χ2n) is 6.18. The topological polar surface area (TPSA) is 56.1 Å². The van der Waals surface area contributed by atoms with Gasteiger partial charge in [-0.1, -0.05) is 6.42 Å². The third-order valence-corrected chi connectivity index (χ3v) is 4.03. The number of likely N-dealkylation sites (tertiary alicyclic amines) is 1. The predicted octanol–water partition coefficient (Wildman–Crippen LogP) is 2.16. The van der Waals surface area contributed by atoms with Crippen LogP contribution in [-0.4, -0.2) is 37.5 Å². The molecule has 1 saturated heterocycles. The van der Waals surface area contributed by atoms with Crippen LogP contribution in [0.1, 0.15) is 46.0 Å². The van der Waals surface area contributed by atoms with Crippen LogP contribution < -0.4 is 5.32 Å².